The van der Waals surface area contributed by atoms with E-state index in [0.29, 0.717) is 53.2 Å². The molecule has 0 spiro atoms. The Morgan fingerprint density at radius 2 is 1.62 bits per heavy atom. The molecule has 7 heteroatoms. The molecule has 210 valence electrons. The largest absolute Gasteiger partial charge is 0.507 e. The van der Waals surface area contributed by atoms with Crippen LogP contribution in [0.3, 0.4) is 0 Å². The molecule has 1 aliphatic rings. The molecular formula is C33H37NO6. The van der Waals surface area contributed by atoms with Crippen LogP contribution in [0.1, 0.15) is 54.6 Å². The van der Waals surface area contributed by atoms with E-state index in [9.17, 15) is 14.7 Å². The summed E-state index contributed by atoms with van der Waals surface area (Å²) in [6, 6.07) is 15.4. The van der Waals surface area contributed by atoms with Crippen molar-refractivity contribution in [3.05, 3.63) is 88.0 Å². The van der Waals surface area contributed by atoms with Crippen molar-refractivity contribution in [2.45, 2.75) is 47.6 Å². The lowest BCUT2D eigenvalue weighted by atomic mass is 9.94. The molecule has 1 amide bonds. The number of ketones is 1. The van der Waals surface area contributed by atoms with E-state index >= 15 is 0 Å². The molecule has 4 rings (SSSR count). The number of hydrogen-bond donors (Lipinski definition) is 1. The van der Waals surface area contributed by atoms with E-state index in [1.807, 2.05) is 45.9 Å². The van der Waals surface area contributed by atoms with Crippen molar-refractivity contribution in [2.75, 3.05) is 25.2 Å². The fourth-order valence-corrected chi connectivity index (χ4v) is 4.88. The van der Waals surface area contributed by atoms with Crippen LogP contribution in [-0.2, 0) is 9.59 Å². The van der Waals surface area contributed by atoms with Crippen molar-refractivity contribution in [1.82, 2.24) is 0 Å². The number of benzene rings is 3. The van der Waals surface area contributed by atoms with Gasteiger partial charge in [0.05, 0.1) is 31.9 Å². The maximum Gasteiger partial charge on any atom is 0.300 e. The summed E-state index contributed by atoms with van der Waals surface area (Å²) in [5.74, 6) is 0.369. The number of nitrogens with zero attached hydrogens (tertiary/aromatic N) is 1. The maximum atomic E-state index is 13.7. The number of amides is 1. The van der Waals surface area contributed by atoms with Gasteiger partial charge in [-0.1, -0.05) is 32.0 Å². The first kappa shape index (κ1) is 28.7. The lowest BCUT2D eigenvalue weighted by molar-refractivity contribution is -0.132. The number of carbonyl (C=O) groups is 2. The van der Waals surface area contributed by atoms with Gasteiger partial charge in [-0.05, 0) is 92.3 Å². The number of anilines is 1. The summed E-state index contributed by atoms with van der Waals surface area (Å²) in [6.07, 6.45) is 0. The van der Waals surface area contributed by atoms with Gasteiger partial charge in [0.15, 0.2) is 11.5 Å². The zero-order chi connectivity index (χ0) is 29.1. The highest BCUT2D eigenvalue weighted by molar-refractivity contribution is 6.51. The van der Waals surface area contributed by atoms with Crippen LogP contribution in [0.5, 0.6) is 17.2 Å². The van der Waals surface area contributed by atoms with E-state index in [-0.39, 0.29) is 11.3 Å². The number of Topliss-reactive ketones (excluding diaryl/α,β-unsaturated/α-hetero) is 1. The summed E-state index contributed by atoms with van der Waals surface area (Å²) in [5, 5.41) is 11.6. The van der Waals surface area contributed by atoms with E-state index < -0.39 is 17.7 Å². The van der Waals surface area contributed by atoms with Gasteiger partial charge in [0.2, 0.25) is 0 Å². The fraction of sp³-hybridized carbons (Fsp3) is 0.333. The highest BCUT2D eigenvalue weighted by atomic mass is 16.5. The highest BCUT2D eigenvalue weighted by Crippen LogP contribution is 2.45. The molecule has 0 saturated carbocycles. The quantitative estimate of drug-likeness (QED) is 0.184. The fourth-order valence-electron chi connectivity index (χ4n) is 4.88. The Labute approximate surface area is 236 Å². The Morgan fingerprint density at radius 1 is 0.900 bits per heavy atom. The number of methoxy groups -OCH3 is 1. The monoisotopic (exact) mass is 543 g/mol. The van der Waals surface area contributed by atoms with Crippen LogP contribution in [0.4, 0.5) is 5.69 Å². The maximum absolute atomic E-state index is 13.7. The summed E-state index contributed by atoms with van der Waals surface area (Å²) in [4.78, 5) is 28.8. The third-order valence-corrected chi connectivity index (χ3v) is 6.89. The molecule has 1 fully saturated rings. The zero-order valence-corrected chi connectivity index (χ0v) is 24.2. The Kier molecular flexibility index (Phi) is 8.52. The third-order valence-electron chi connectivity index (χ3n) is 6.89. The summed E-state index contributed by atoms with van der Waals surface area (Å²) >= 11 is 0. The second kappa shape index (κ2) is 11.9. The molecule has 1 atom stereocenters. The number of ether oxygens (including phenoxy) is 3. The second-order valence-corrected chi connectivity index (χ2v) is 10.5. The minimum atomic E-state index is -0.886. The molecule has 1 unspecified atom stereocenters. The minimum Gasteiger partial charge on any atom is -0.507 e. The first-order chi connectivity index (χ1) is 19.1. The number of hydrogen-bond acceptors (Lipinski definition) is 6. The Hall–Kier alpha value is -4.26. The Bertz CT molecular complexity index is 1470. The lowest BCUT2D eigenvalue weighted by Gasteiger charge is -2.27. The second-order valence-electron chi connectivity index (χ2n) is 10.5. The van der Waals surface area contributed by atoms with Crippen molar-refractivity contribution >= 4 is 23.1 Å². The van der Waals surface area contributed by atoms with Crippen LogP contribution in [0.15, 0.2) is 60.2 Å². The number of rotatable bonds is 9. The third kappa shape index (κ3) is 5.55. The standard InChI is InChI=1S/C33H37NO6/c1-8-39-28-17-23(11-14-27(28)38-7)30-29(31(35)24-12-13-26(22(6)16-24)40-18-19(2)3)32(36)33(37)34(30)25-15-20(4)9-10-21(25)5/h9-17,19,30,35H,8,18H2,1-7H3/b31-29-. The van der Waals surface area contributed by atoms with Crippen LogP contribution in [-0.4, -0.2) is 37.1 Å². The predicted molar refractivity (Wildman–Crippen MR) is 156 cm³/mol. The van der Waals surface area contributed by atoms with E-state index in [1.165, 1.54) is 4.90 Å². The Balaban J connectivity index is 1.92. The van der Waals surface area contributed by atoms with Crippen molar-refractivity contribution in [3.63, 3.8) is 0 Å². The van der Waals surface area contributed by atoms with Crippen molar-refractivity contribution in [3.8, 4) is 17.2 Å². The number of aryl methyl sites for hydroxylation is 3. The van der Waals surface area contributed by atoms with Crippen LogP contribution in [0, 0.1) is 26.7 Å². The van der Waals surface area contributed by atoms with Crippen molar-refractivity contribution < 1.29 is 28.9 Å². The molecule has 3 aromatic rings. The Morgan fingerprint density at radius 3 is 2.27 bits per heavy atom. The molecule has 1 saturated heterocycles. The summed E-state index contributed by atoms with van der Waals surface area (Å²) in [6.45, 7) is 12.7. The van der Waals surface area contributed by atoms with Gasteiger partial charge >= 0.3 is 0 Å². The average molecular weight is 544 g/mol. The average Bonchev–Trinajstić information content (AvgIpc) is 3.18. The number of aliphatic hydroxyl groups excluding tert-OH is 1. The van der Waals surface area contributed by atoms with Crippen LogP contribution in [0.2, 0.25) is 0 Å². The normalized spacial score (nSPS) is 16.5. The number of carbonyl (C=O) groups excluding carboxylic acids is 2. The molecule has 7 nitrogen and oxygen atoms in total. The summed E-state index contributed by atoms with van der Waals surface area (Å²) in [5.41, 5.74) is 4.24. The van der Waals surface area contributed by atoms with Gasteiger partial charge in [0, 0.05) is 11.3 Å². The first-order valence-corrected chi connectivity index (χ1v) is 13.5. The lowest BCUT2D eigenvalue weighted by Crippen LogP contribution is -2.30. The van der Waals surface area contributed by atoms with Gasteiger partial charge < -0.3 is 19.3 Å². The van der Waals surface area contributed by atoms with Gasteiger partial charge in [0.1, 0.15) is 11.5 Å². The van der Waals surface area contributed by atoms with Crippen molar-refractivity contribution in [1.29, 1.82) is 0 Å². The van der Waals surface area contributed by atoms with Gasteiger partial charge in [-0.25, -0.2) is 0 Å². The topological polar surface area (TPSA) is 85.3 Å². The first-order valence-electron chi connectivity index (χ1n) is 13.5. The smallest absolute Gasteiger partial charge is 0.300 e. The molecule has 1 aliphatic heterocycles. The molecular weight excluding hydrogens is 506 g/mol. The van der Waals surface area contributed by atoms with Crippen LogP contribution >= 0.6 is 0 Å². The molecule has 3 aromatic carbocycles. The molecule has 40 heavy (non-hydrogen) atoms. The van der Waals surface area contributed by atoms with E-state index in [1.54, 1.807) is 43.5 Å². The van der Waals surface area contributed by atoms with Crippen LogP contribution < -0.4 is 19.1 Å². The van der Waals surface area contributed by atoms with Gasteiger partial charge in [-0.3, -0.25) is 14.5 Å². The van der Waals surface area contributed by atoms with Gasteiger partial charge in [0.25, 0.3) is 11.7 Å². The molecule has 0 aliphatic carbocycles. The SMILES string of the molecule is CCOc1cc(C2/C(=C(/O)c3ccc(OCC(C)C)c(C)c3)C(=O)C(=O)N2c2cc(C)ccc2C)ccc1OC. The molecule has 1 N–H and O–H groups in total. The molecule has 0 bridgehead atoms. The molecule has 0 aromatic heterocycles. The number of aliphatic hydroxyl groups is 1. The summed E-state index contributed by atoms with van der Waals surface area (Å²) < 4.78 is 17.2. The van der Waals surface area contributed by atoms with Crippen LogP contribution in [0.25, 0.3) is 5.76 Å². The summed E-state index contributed by atoms with van der Waals surface area (Å²) in [7, 11) is 1.55. The highest BCUT2D eigenvalue weighted by Gasteiger charge is 2.47. The van der Waals surface area contributed by atoms with E-state index in [2.05, 4.69) is 13.8 Å². The molecule has 0 radical (unpaired) electrons. The molecule has 1 heterocycles. The van der Waals surface area contributed by atoms with Gasteiger partial charge in [-0.15, -0.1) is 0 Å². The minimum absolute atomic E-state index is 0.00812. The van der Waals surface area contributed by atoms with Gasteiger partial charge in [-0.2, -0.15) is 0 Å². The van der Waals surface area contributed by atoms with Crippen molar-refractivity contribution in [2.24, 2.45) is 5.92 Å². The predicted octanol–water partition coefficient (Wildman–Crippen LogP) is 6.68. The van der Waals surface area contributed by atoms with E-state index in [4.69, 9.17) is 14.2 Å². The van der Waals surface area contributed by atoms with E-state index in [0.717, 1.165) is 16.7 Å². The zero-order valence-electron chi connectivity index (χ0n) is 24.2.